The topological polar surface area (TPSA) is 62.7 Å². The lowest BCUT2D eigenvalue weighted by molar-refractivity contribution is 0.361. The van der Waals surface area contributed by atoms with Crippen LogP contribution in [0, 0.1) is 27.7 Å². The smallest absolute Gasteiger partial charge is 0.225 e. The van der Waals surface area contributed by atoms with Crippen LogP contribution in [0.5, 0.6) is 23.5 Å². The van der Waals surface area contributed by atoms with Crippen molar-refractivity contribution in [1.82, 2.24) is 9.97 Å². The Bertz CT molecular complexity index is 1350. The SMILES string of the molecule is COc1ccc(-c2c(P(c3c(C)cccc3C)c3c(C)cccc3C)cc(OC)nc2OC)c(OC)n1. The van der Waals surface area contributed by atoms with E-state index in [1.807, 2.05) is 18.2 Å². The number of nitrogens with zero attached hydrogens (tertiary/aromatic N) is 2. The van der Waals surface area contributed by atoms with Crippen molar-refractivity contribution in [3.05, 3.63) is 76.9 Å². The number of benzene rings is 2. The lowest BCUT2D eigenvalue weighted by atomic mass is 10.1. The normalized spacial score (nSPS) is 10.9. The zero-order chi connectivity index (χ0) is 26.7. The summed E-state index contributed by atoms with van der Waals surface area (Å²) in [6.45, 7) is 8.71. The second-order valence-corrected chi connectivity index (χ2v) is 10.8. The van der Waals surface area contributed by atoms with Crippen molar-refractivity contribution in [1.29, 1.82) is 0 Å². The number of hydrogen-bond donors (Lipinski definition) is 0. The van der Waals surface area contributed by atoms with Gasteiger partial charge in [0, 0.05) is 17.4 Å². The molecule has 0 N–H and O–H groups in total. The van der Waals surface area contributed by atoms with Crippen LogP contribution in [0.2, 0.25) is 0 Å². The second kappa shape index (κ2) is 11.2. The molecule has 4 rings (SSSR count). The van der Waals surface area contributed by atoms with Gasteiger partial charge >= 0.3 is 0 Å². The predicted molar refractivity (Wildman–Crippen MR) is 151 cm³/mol. The van der Waals surface area contributed by atoms with E-state index in [1.54, 1.807) is 28.4 Å². The summed E-state index contributed by atoms with van der Waals surface area (Å²) >= 11 is 0. The highest BCUT2D eigenvalue weighted by Gasteiger charge is 2.31. The van der Waals surface area contributed by atoms with Gasteiger partial charge in [-0.25, -0.2) is 0 Å². The highest BCUT2D eigenvalue weighted by Crippen LogP contribution is 2.46. The van der Waals surface area contributed by atoms with Gasteiger partial charge in [-0.1, -0.05) is 36.4 Å². The van der Waals surface area contributed by atoms with Gasteiger partial charge in [-0.15, -0.1) is 0 Å². The van der Waals surface area contributed by atoms with E-state index >= 15 is 0 Å². The third-order valence-corrected chi connectivity index (χ3v) is 9.56. The molecule has 0 saturated heterocycles. The molecule has 0 radical (unpaired) electrons. The van der Waals surface area contributed by atoms with Crippen molar-refractivity contribution >= 4 is 23.8 Å². The molecule has 2 aromatic carbocycles. The van der Waals surface area contributed by atoms with Crippen molar-refractivity contribution in [2.24, 2.45) is 0 Å². The highest BCUT2D eigenvalue weighted by molar-refractivity contribution is 7.80. The molecule has 0 unspecified atom stereocenters. The Morgan fingerprint density at radius 1 is 0.568 bits per heavy atom. The summed E-state index contributed by atoms with van der Waals surface area (Å²) in [4.78, 5) is 9.24. The van der Waals surface area contributed by atoms with Gasteiger partial charge in [0.1, 0.15) is 0 Å². The Balaban J connectivity index is 2.19. The van der Waals surface area contributed by atoms with E-state index in [9.17, 15) is 0 Å². The largest absolute Gasteiger partial charge is 0.481 e. The standard InChI is InChI=1S/C30H33N2O4P/c1-18-11-9-12-19(2)27(18)37(28-20(3)13-10-14-21(28)4)23-17-25(34-6)32-30(36-8)26(23)22-15-16-24(33-5)31-29(22)35-7/h9-17H,1-8H3. The van der Waals surface area contributed by atoms with Crippen molar-refractivity contribution in [3.8, 4) is 34.6 Å². The fourth-order valence-electron chi connectivity index (χ4n) is 4.72. The molecule has 0 amide bonds. The van der Waals surface area contributed by atoms with Crippen LogP contribution in [-0.2, 0) is 0 Å². The van der Waals surface area contributed by atoms with Crippen molar-refractivity contribution < 1.29 is 18.9 Å². The molecule has 2 aromatic heterocycles. The van der Waals surface area contributed by atoms with Crippen molar-refractivity contribution in [2.75, 3.05) is 28.4 Å². The van der Waals surface area contributed by atoms with Gasteiger partial charge in [0.2, 0.25) is 23.5 Å². The molecule has 0 saturated carbocycles. The lowest BCUT2D eigenvalue weighted by Gasteiger charge is -2.29. The van der Waals surface area contributed by atoms with Crippen LogP contribution in [0.4, 0.5) is 0 Å². The molecule has 0 aliphatic heterocycles. The number of aromatic nitrogens is 2. The molecule has 6 nitrogen and oxygen atoms in total. The monoisotopic (exact) mass is 516 g/mol. The fraction of sp³-hybridized carbons (Fsp3) is 0.267. The molecular formula is C30H33N2O4P. The van der Waals surface area contributed by atoms with Crippen LogP contribution < -0.4 is 34.9 Å². The van der Waals surface area contributed by atoms with Crippen molar-refractivity contribution in [2.45, 2.75) is 27.7 Å². The predicted octanol–water partition coefficient (Wildman–Crippen LogP) is 5.17. The molecule has 0 aliphatic rings. The number of aryl methyl sites for hydroxylation is 4. The maximum absolute atomic E-state index is 5.89. The van der Waals surface area contributed by atoms with E-state index in [-0.39, 0.29) is 0 Å². The summed E-state index contributed by atoms with van der Waals surface area (Å²) in [5, 5.41) is 3.65. The van der Waals surface area contributed by atoms with E-state index in [4.69, 9.17) is 18.9 Å². The van der Waals surface area contributed by atoms with Crippen LogP contribution in [0.1, 0.15) is 22.3 Å². The number of hydrogen-bond acceptors (Lipinski definition) is 6. The number of rotatable bonds is 8. The van der Waals surface area contributed by atoms with E-state index in [2.05, 4.69) is 74.1 Å². The van der Waals surface area contributed by atoms with Gasteiger partial charge in [0.25, 0.3) is 0 Å². The molecule has 0 bridgehead atoms. The van der Waals surface area contributed by atoms with Gasteiger partial charge in [0.05, 0.1) is 39.6 Å². The van der Waals surface area contributed by atoms with Crippen LogP contribution in [0.15, 0.2) is 54.6 Å². The molecule has 37 heavy (non-hydrogen) atoms. The van der Waals surface area contributed by atoms with Crippen molar-refractivity contribution in [3.63, 3.8) is 0 Å². The van der Waals surface area contributed by atoms with Crippen LogP contribution in [-0.4, -0.2) is 38.4 Å². The quantitative estimate of drug-likeness (QED) is 0.301. The number of pyridine rings is 2. The molecule has 0 atom stereocenters. The zero-order valence-corrected chi connectivity index (χ0v) is 23.6. The van der Waals surface area contributed by atoms with Crippen LogP contribution in [0.3, 0.4) is 0 Å². The van der Waals surface area contributed by atoms with Gasteiger partial charge < -0.3 is 18.9 Å². The van der Waals surface area contributed by atoms with E-state index in [1.165, 1.54) is 32.9 Å². The summed E-state index contributed by atoms with van der Waals surface area (Å²) < 4.78 is 22.7. The maximum Gasteiger partial charge on any atom is 0.225 e. The zero-order valence-electron chi connectivity index (χ0n) is 22.7. The summed E-state index contributed by atoms with van der Waals surface area (Å²) in [5.41, 5.74) is 6.52. The first-order chi connectivity index (χ1) is 17.8. The Morgan fingerprint density at radius 2 is 1.05 bits per heavy atom. The Morgan fingerprint density at radius 3 is 1.51 bits per heavy atom. The van der Waals surface area contributed by atoms with Crippen LogP contribution in [0.25, 0.3) is 11.1 Å². The average molecular weight is 517 g/mol. The first-order valence-electron chi connectivity index (χ1n) is 12.0. The minimum atomic E-state index is -1.06. The summed E-state index contributed by atoms with van der Waals surface area (Å²) in [5.74, 6) is 1.84. The Hall–Kier alpha value is -3.63. The lowest BCUT2D eigenvalue weighted by Crippen LogP contribution is -2.29. The third-order valence-electron chi connectivity index (χ3n) is 6.42. The summed E-state index contributed by atoms with van der Waals surface area (Å²) in [6.07, 6.45) is 0. The van der Waals surface area contributed by atoms with Gasteiger partial charge in [-0.05, 0) is 74.5 Å². The van der Waals surface area contributed by atoms with E-state index in [0.29, 0.717) is 23.5 Å². The molecule has 7 heteroatoms. The van der Waals surface area contributed by atoms with Gasteiger partial charge in [-0.2, -0.15) is 9.97 Å². The summed E-state index contributed by atoms with van der Waals surface area (Å²) in [6, 6.07) is 18.7. The molecule has 4 aromatic rings. The Labute approximate surface area is 220 Å². The average Bonchev–Trinajstić information content (AvgIpc) is 2.90. The van der Waals surface area contributed by atoms with E-state index < -0.39 is 7.92 Å². The molecule has 0 fully saturated rings. The third kappa shape index (κ3) is 4.99. The second-order valence-electron chi connectivity index (χ2n) is 8.79. The Kier molecular flexibility index (Phi) is 7.99. The maximum atomic E-state index is 5.89. The van der Waals surface area contributed by atoms with Crippen LogP contribution >= 0.6 is 7.92 Å². The fourth-order valence-corrected chi connectivity index (χ4v) is 7.81. The molecule has 2 heterocycles. The summed E-state index contributed by atoms with van der Waals surface area (Å²) in [7, 11) is 5.38. The van der Waals surface area contributed by atoms with E-state index in [0.717, 1.165) is 16.4 Å². The molecule has 0 spiro atoms. The molecule has 0 aliphatic carbocycles. The first kappa shape index (κ1) is 26.4. The highest BCUT2D eigenvalue weighted by atomic mass is 31.1. The van der Waals surface area contributed by atoms with Gasteiger partial charge in [0.15, 0.2) is 0 Å². The molecule has 192 valence electrons. The minimum absolute atomic E-state index is 0.434. The minimum Gasteiger partial charge on any atom is -0.481 e. The van der Waals surface area contributed by atoms with Gasteiger partial charge in [-0.3, -0.25) is 0 Å². The number of methoxy groups -OCH3 is 4. The number of ether oxygens (including phenoxy) is 4. The first-order valence-corrected chi connectivity index (χ1v) is 13.3. The molecular weight excluding hydrogens is 483 g/mol.